The van der Waals surface area contributed by atoms with Gasteiger partial charge in [0.25, 0.3) is 5.91 Å². The van der Waals surface area contributed by atoms with Crippen molar-refractivity contribution in [3.05, 3.63) is 53.6 Å². The molecule has 0 bridgehead atoms. The van der Waals surface area contributed by atoms with Gasteiger partial charge in [-0.15, -0.1) is 0 Å². The predicted molar refractivity (Wildman–Crippen MR) is 106 cm³/mol. The first kappa shape index (κ1) is 18.6. The van der Waals surface area contributed by atoms with Crippen molar-refractivity contribution in [3.63, 3.8) is 0 Å². The van der Waals surface area contributed by atoms with Gasteiger partial charge in [-0.3, -0.25) is 9.69 Å². The topological polar surface area (TPSA) is 60.0 Å². The van der Waals surface area contributed by atoms with Crippen molar-refractivity contribution in [1.29, 1.82) is 0 Å². The van der Waals surface area contributed by atoms with Crippen LogP contribution in [-0.4, -0.2) is 50.8 Å². The summed E-state index contributed by atoms with van der Waals surface area (Å²) in [6.45, 7) is 3.56. The number of carbonyl (C=O) groups is 1. The molecule has 1 fully saturated rings. The second kappa shape index (κ2) is 8.52. The van der Waals surface area contributed by atoms with Crippen molar-refractivity contribution < 1.29 is 19.0 Å². The second-order valence-corrected chi connectivity index (χ2v) is 7.08. The predicted octanol–water partition coefficient (Wildman–Crippen LogP) is 3.03. The Hall–Kier alpha value is -2.73. The van der Waals surface area contributed by atoms with E-state index in [4.69, 9.17) is 14.2 Å². The number of para-hydroxylation sites is 1. The number of ether oxygens (including phenoxy) is 3. The Bertz CT molecular complexity index is 833. The van der Waals surface area contributed by atoms with Gasteiger partial charge in [0.05, 0.1) is 18.7 Å². The molecule has 0 aliphatic carbocycles. The van der Waals surface area contributed by atoms with Crippen molar-refractivity contribution in [2.45, 2.75) is 18.9 Å². The van der Waals surface area contributed by atoms with Gasteiger partial charge in [-0.1, -0.05) is 18.2 Å². The molecular weight excluding hydrogens is 356 g/mol. The van der Waals surface area contributed by atoms with Gasteiger partial charge >= 0.3 is 0 Å². The molecule has 1 atom stereocenters. The minimum atomic E-state index is -0.144. The summed E-state index contributed by atoms with van der Waals surface area (Å²) in [5, 5.41) is 3.11. The highest BCUT2D eigenvalue weighted by atomic mass is 16.6. The van der Waals surface area contributed by atoms with E-state index in [2.05, 4.69) is 22.3 Å². The van der Waals surface area contributed by atoms with Crippen molar-refractivity contribution >= 4 is 5.91 Å². The van der Waals surface area contributed by atoms with Gasteiger partial charge in [-0.05, 0) is 55.8 Å². The van der Waals surface area contributed by atoms with E-state index in [9.17, 15) is 4.79 Å². The van der Waals surface area contributed by atoms with Crippen LogP contribution in [0.4, 0.5) is 0 Å². The Morgan fingerprint density at radius 1 is 1.14 bits per heavy atom. The third-order valence-corrected chi connectivity index (χ3v) is 5.33. The van der Waals surface area contributed by atoms with Crippen LogP contribution < -0.4 is 19.5 Å². The number of nitrogens with zero attached hydrogens (tertiary/aromatic N) is 1. The molecule has 6 heteroatoms. The molecule has 2 heterocycles. The lowest BCUT2D eigenvalue weighted by Gasteiger charge is -2.28. The molecule has 0 radical (unpaired) electrons. The summed E-state index contributed by atoms with van der Waals surface area (Å²) >= 11 is 0. The van der Waals surface area contributed by atoms with Gasteiger partial charge in [0.1, 0.15) is 19.0 Å². The first-order valence-corrected chi connectivity index (χ1v) is 9.81. The lowest BCUT2D eigenvalue weighted by Crippen LogP contribution is -2.37. The average Bonchev–Trinajstić information content (AvgIpc) is 3.28. The van der Waals surface area contributed by atoms with Crippen LogP contribution in [0.2, 0.25) is 0 Å². The van der Waals surface area contributed by atoms with Crippen molar-refractivity contribution in [1.82, 2.24) is 10.2 Å². The molecule has 4 rings (SSSR count). The first-order valence-electron chi connectivity index (χ1n) is 9.81. The second-order valence-electron chi connectivity index (χ2n) is 7.08. The molecule has 2 aliphatic heterocycles. The molecule has 1 N–H and O–H groups in total. The number of methoxy groups -OCH3 is 1. The molecule has 0 saturated carbocycles. The lowest BCUT2D eigenvalue weighted by molar-refractivity contribution is 0.0927. The number of rotatable bonds is 6. The zero-order chi connectivity index (χ0) is 19.3. The number of hydrogen-bond donors (Lipinski definition) is 1. The summed E-state index contributed by atoms with van der Waals surface area (Å²) in [6.07, 6.45) is 2.37. The van der Waals surface area contributed by atoms with Gasteiger partial charge in [0.2, 0.25) is 0 Å². The molecule has 2 aromatic carbocycles. The highest BCUT2D eigenvalue weighted by Gasteiger charge is 2.26. The monoisotopic (exact) mass is 382 g/mol. The van der Waals surface area contributed by atoms with Crippen LogP contribution in [0.25, 0.3) is 0 Å². The molecular formula is C22H26N2O4. The number of nitrogens with one attached hydrogen (secondary N) is 1. The van der Waals surface area contributed by atoms with Crippen LogP contribution in [0.5, 0.6) is 17.2 Å². The van der Waals surface area contributed by atoms with Crippen molar-refractivity contribution in [3.8, 4) is 17.2 Å². The van der Waals surface area contributed by atoms with E-state index in [1.807, 2.05) is 24.3 Å². The van der Waals surface area contributed by atoms with Gasteiger partial charge in [-0.25, -0.2) is 0 Å². The van der Waals surface area contributed by atoms with Gasteiger partial charge in [0.15, 0.2) is 11.5 Å². The minimum Gasteiger partial charge on any atom is -0.497 e. The quantitative estimate of drug-likeness (QED) is 0.832. The van der Waals surface area contributed by atoms with Crippen molar-refractivity contribution in [2.24, 2.45) is 0 Å². The number of hydrogen-bond acceptors (Lipinski definition) is 5. The maximum atomic E-state index is 12.9. The first-order chi connectivity index (χ1) is 13.8. The molecule has 0 spiro atoms. The third kappa shape index (κ3) is 3.92. The molecule has 6 nitrogen and oxygen atoms in total. The van der Waals surface area contributed by atoms with E-state index in [0.29, 0.717) is 36.8 Å². The summed E-state index contributed by atoms with van der Waals surface area (Å²) in [4.78, 5) is 15.3. The zero-order valence-electron chi connectivity index (χ0n) is 16.1. The smallest absolute Gasteiger partial charge is 0.255 e. The third-order valence-electron chi connectivity index (χ3n) is 5.33. The molecule has 28 heavy (non-hydrogen) atoms. The van der Waals surface area contributed by atoms with E-state index in [1.54, 1.807) is 13.2 Å². The summed E-state index contributed by atoms with van der Waals surface area (Å²) in [5.41, 5.74) is 1.67. The largest absolute Gasteiger partial charge is 0.497 e. The maximum absolute atomic E-state index is 12.9. The van der Waals surface area contributed by atoms with E-state index >= 15 is 0 Å². The Morgan fingerprint density at radius 2 is 1.93 bits per heavy atom. The fraction of sp³-hybridized carbons (Fsp3) is 0.409. The number of carbonyl (C=O) groups excluding carboxylic acids is 1. The molecule has 2 aliphatic rings. The Kier molecular flexibility index (Phi) is 5.67. The van der Waals surface area contributed by atoms with E-state index in [0.717, 1.165) is 24.4 Å². The molecule has 0 aromatic heterocycles. The number of amides is 1. The van der Waals surface area contributed by atoms with Crippen LogP contribution in [0.3, 0.4) is 0 Å². The minimum absolute atomic E-state index is 0.109. The average molecular weight is 382 g/mol. The number of likely N-dealkylation sites (tertiary alicyclic amines) is 1. The number of fused-ring (bicyclic) bond motifs is 1. The SMILES string of the molecule is COc1cccc(C(CNC(=O)c2cccc3c2OCCO3)N2CCCC2)c1. The maximum Gasteiger partial charge on any atom is 0.255 e. The van der Waals surface area contributed by atoms with Crippen LogP contribution in [0.15, 0.2) is 42.5 Å². The summed E-state index contributed by atoms with van der Waals surface area (Å²) in [5.74, 6) is 1.85. The van der Waals surface area contributed by atoms with Gasteiger partial charge in [0, 0.05) is 6.54 Å². The Morgan fingerprint density at radius 3 is 2.75 bits per heavy atom. The Balaban J connectivity index is 1.52. The fourth-order valence-electron chi connectivity index (χ4n) is 3.90. The summed E-state index contributed by atoms with van der Waals surface area (Å²) in [7, 11) is 1.67. The van der Waals surface area contributed by atoms with Crippen LogP contribution in [-0.2, 0) is 0 Å². The molecule has 1 unspecified atom stereocenters. The van der Waals surface area contributed by atoms with Crippen molar-refractivity contribution in [2.75, 3.05) is 40.0 Å². The van der Waals surface area contributed by atoms with Crippen LogP contribution in [0.1, 0.15) is 34.8 Å². The molecule has 1 amide bonds. The Labute approximate surface area is 165 Å². The van der Waals surface area contributed by atoms with Gasteiger partial charge in [-0.2, -0.15) is 0 Å². The number of benzene rings is 2. The van der Waals surface area contributed by atoms with E-state index in [1.165, 1.54) is 12.8 Å². The normalized spacial score (nSPS) is 17.2. The molecule has 1 saturated heterocycles. The molecule has 148 valence electrons. The highest BCUT2D eigenvalue weighted by molar-refractivity contribution is 5.97. The highest BCUT2D eigenvalue weighted by Crippen LogP contribution is 2.34. The zero-order valence-corrected chi connectivity index (χ0v) is 16.1. The van der Waals surface area contributed by atoms with E-state index in [-0.39, 0.29) is 11.9 Å². The van der Waals surface area contributed by atoms with Crippen LogP contribution in [0, 0.1) is 0 Å². The molecule has 2 aromatic rings. The lowest BCUT2D eigenvalue weighted by atomic mass is 10.0. The van der Waals surface area contributed by atoms with Gasteiger partial charge < -0.3 is 19.5 Å². The van der Waals surface area contributed by atoms with E-state index < -0.39 is 0 Å². The summed E-state index contributed by atoms with van der Waals surface area (Å²) in [6, 6.07) is 13.6. The fourth-order valence-corrected chi connectivity index (χ4v) is 3.90. The van der Waals surface area contributed by atoms with Crippen LogP contribution >= 0.6 is 0 Å². The summed E-state index contributed by atoms with van der Waals surface area (Å²) < 4.78 is 16.7. The standard InChI is InChI=1S/C22H26N2O4/c1-26-17-7-4-6-16(14-17)19(24-10-2-3-11-24)15-23-22(25)18-8-5-9-20-21(18)28-13-12-27-20/h4-9,14,19H,2-3,10-13,15H2,1H3,(H,23,25).